The third-order valence-electron chi connectivity index (χ3n) is 3.66. The second-order valence-corrected chi connectivity index (χ2v) is 7.71. The number of aryl methyl sites for hydroxylation is 1. The Bertz CT molecular complexity index is 673. The molecule has 0 aliphatic rings. The van der Waals surface area contributed by atoms with Gasteiger partial charge in [-0.3, -0.25) is 4.79 Å². The van der Waals surface area contributed by atoms with Gasteiger partial charge in [-0.1, -0.05) is 36.2 Å². The highest BCUT2D eigenvalue weighted by Crippen LogP contribution is 2.26. The molecule has 0 spiro atoms. The number of halogens is 1. The molecule has 134 valence electrons. The lowest BCUT2D eigenvalue weighted by atomic mass is 10.2. The summed E-state index contributed by atoms with van der Waals surface area (Å²) in [6, 6.07) is 15.4. The molecule has 25 heavy (non-hydrogen) atoms. The standard InChI is InChI=1S/C20H24ClNO2S/c1-4-19(25-18-11-7-16(21)8-12-18)20(23)22-15(3)13-24-17-9-5-14(2)6-10-17/h5-12,15,19H,4,13H2,1-3H3,(H,22,23). The van der Waals surface area contributed by atoms with Crippen LogP contribution in [0.25, 0.3) is 0 Å². The van der Waals surface area contributed by atoms with Crippen molar-refractivity contribution in [3.05, 3.63) is 59.1 Å². The quantitative estimate of drug-likeness (QED) is 0.650. The number of carbonyl (C=O) groups excluding carboxylic acids is 1. The van der Waals surface area contributed by atoms with Crippen molar-refractivity contribution in [1.29, 1.82) is 0 Å². The summed E-state index contributed by atoms with van der Waals surface area (Å²) in [4.78, 5) is 13.5. The molecule has 0 fully saturated rings. The Labute approximate surface area is 159 Å². The number of hydrogen-bond acceptors (Lipinski definition) is 3. The zero-order valence-electron chi connectivity index (χ0n) is 14.8. The third-order valence-corrected chi connectivity index (χ3v) is 5.29. The van der Waals surface area contributed by atoms with Gasteiger partial charge in [0, 0.05) is 9.92 Å². The number of amides is 1. The molecule has 0 aromatic heterocycles. The van der Waals surface area contributed by atoms with Gasteiger partial charge < -0.3 is 10.1 Å². The van der Waals surface area contributed by atoms with Crippen LogP contribution < -0.4 is 10.1 Å². The number of hydrogen-bond donors (Lipinski definition) is 1. The fraction of sp³-hybridized carbons (Fsp3) is 0.350. The van der Waals surface area contributed by atoms with Crippen LogP contribution >= 0.6 is 23.4 Å². The van der Waals surface area contributed by atoms with E-state index in [1.54, 1.807) is 11.8 Å². The Hall–Kier alpha value is -1.65. The number of rotatable bonds is 8. The number of thioether (sulfide) groups is 1. The zero-order valence-corrected chi connectivity index (χ0v) is 16.4. The number of nitrogens with one attached hydrogen (secondary N) is 1. The number of carbonyl (C=O) groups is 1. The Morgan fingerprint density at radius 3 is 2.40 bits per heavy atom. The summed E-state index contributed by atoms with van der Waals surface area (Å²) >= 11 is 7.46. The fourth-order valence-corrected chi connectivity index (χ4v) is 3.32. The Balaban J connectivity index is 1.83. The summed E-state index contributed by atoms with van der Waals surface area (Å²) in [7, 11) is 0. The first-order valence-electron chi connectivity index (χ1n) is 8.40. The van der Waals surface area contributed by atoms with Crippen molar-refractivity contribution in [1.82, 2.24) is 5.32 Å². The van der Waals surface area contributed by atoms with Gasteiger partial charge in [-0.05, 0) is 56.7 Å². The van der Waals surface area contributed by atoms with Gasteiger partial charge in [-0.25, -0.2) is 0 Å². The Morgan fingerprint density at radius 1 is 1.16 bits per heavy atom. The summed E-state index contributed by atoms with van der Waals surface area (Å²) in [6.45, 7) is 6.44. The number of ether oxygens (including phenoxy) is 1. The SMILES string of the molecule is CCC(Sc1ccc(Cl)cc1)C(=O)NC(C)COc1ccc(C)cc1. The molecule has 2 rings (SSSR count). The largest absolute Gasteiger partial charge is 0.491 e. The van der Waals surface area contributed by atoms with Gasteiger partial charge in [0.25, 0.3) is 0 Å². The minimum Gasteiger partial charge on any atom is -0.491 e. The molecule has 5 heteroatoms. The van der Waals surface area contributed by atoms with Crippen LogP contribution in [0.15, 0.2) is 53.4 Å². The minimum absolute atomic E-state index is 0.0301. The van der Waals surface area contributed by atoms with Crippen molar-refractivity contribution in [2.75, 3.05) is 6.61 Å². The van der Waals surface area contributed by atoms with Crippen LogP contribution in [0.3, 0.4) is 0 Å². The van der Waals surface area contributed by atoms with Gasteiger partial charge in [0.1, 0.15) is 12.4 Å². The van der Waals surface area contributed by atoms with Crippen LogP contribution in [0.5, 0.6) is 5.75 Å². The smallest absolute Gasteiger partial charge is 0.233 e. The van der Waals surface area contributed by atoms with Crippen molar-refractivity contribution >= 4 is 29.3 Å². The molecule has 0 aliphatic carbocycles. The van der Waals surface area contributed by atoms with E-state index in [-0.39, 0.29) is 17.2 Å². The van der Waals surface area contributed by atoms with E-state index < -0.39 is 0 Å². The molecule has 0 saturated heterocycles. The average molecular weight is 378 g/mol. The van der Waals surface area contributed by atoms with Gasteiger partial charge >= 0.3 is 0 Å². The summed E-state index contributed by atoms with van der Waals surface area (Å²) in [5, 5.41) is 3.60. The topological polar surface area (TPSA) is 38.3 Å². The lowest BCUT2D eigenvalue weighted by molar-refractivity contribution is -0.121. The Kier molecular flexibility index (Phi) is 7.66. The van der Waals surface area contributed by atoms with E-state index in [2.05, 4.69) is 5.32 Å². The molecule has 3 nitrogen and oxygen atoms in total. The summed E-state index contributed by atoms with van der Waals surface area (Å²) in [5.41, 5.74) is 1.19. The maximum Gasteiger partial charge on any atom is 0.233 e. The predicted molar refractivity (Wildman–Crippen MR) is 106 cm³/mol. The van der Waals surface area contributed by atoms with Crippen molar-refractivity contribution in [2.24, 2.45) is 0 Å². The van der Waals surface area contributed by atoms with Crippen molar-refractivity contribution in [2.45, 2.75) is 43.4 Å². The molecule has 2 aromatic rings. The molecule has 2 atom stereocenters. The number of benzene rings is 2. The molecule has 0 saturated carbocycles. The monoisotopic (exact) mass is 377 g/mol. The van der Waals surface area contributed by atoms with E-state index in [4.69, 9.17) is 16.3 Å². The van der Waals surface area contributed by atoms with E-state index in [1.807, 2.05) is 69.3 Å². The van der Waals surface area contributed by atoms with Crippen molar-refractivity contribution in [3.8, 4) is 5.75 Å². The first-order chi connectivity index (χ1) is 12.0. The molecular weight excluding hydrogens is 354 g/mol. The molecule has 2 unspecified atom stereocenters. The van der Waals surface area contributed by atoms with Crippen LogP contribution in [0.4, 0.5) is 0 Å². The fourth-order valence-electron chi connectivity index (χ4n) is 2.23. The lowest BCUT2D eigenvalue weighted by Crippen LogP contribution is -2.41. The highest BCUT2D eigenvalue weighted by molar-refractivity contribution is 8.00. The van der Waals surface area contributed by atoms with E-state index >= 15 is 0 Å². The highest BCUT2D eigenvalue weighted by atomic mass is 35.5. The van der Waals surface area contributed by atoms with Gasteiger partial charge in [0.15, 0.2) is 0 Å². The van der Waals surface area contributed by atoms with Gasteiger partial charge in [0.2, 0.25) is 5.91 Å². The third kappa shape index (κ3) is 6.63. The molecule has 0 heterocycles. The normalized spacial score (nSPS) is 13.1. The maximum atomic E-state index is 12.5. The van der Waals surface area contributed by atoms with Gasteiger partial charge in [-0.15, -0.1) is 11.8 Å². The van der Waals surface area contributed by atoms with Gasteiger partial charge in [-0.2, -0.15) is 0 Å². The molecule has 0 bridgehead atoms. The maximum absolute atomic E-state index is 12.5. The van der Waals surface area contributed by atoms with Crippen molar-refractivity contribution < 1.29 is 9.53 Å². The molecule has 1 N–H and O–H groups in total. The van der Waals surface area contributed by atoms with Crippen LogP contribution in [0.2, 0.25) is 5.02 Å². The summed E-state index contributed by atoms with van der Waals surface area (Å²) in [6.07, 6.45) is 0.755. The first-order valence-corrected chi connectivity index (χ1v) is 9.65. The molecule has 0 aliphatic heterocycles. The van der Waals surface area contributed by atoms with E-state index in [0.717, 1.165) is 17.1 Å². The van der Waals surface area contributed by atoms with Crippen LogP contribution in [-0.4, -0.2) is 23.8 Å². The minimum atomic E-state index is -0.136. The Morgan fingerprint density at radius 2 is 1.80 bits per heavy atom. The van der Waals surface area contributed by atoms with Crippen molar-refractivity contribution in [3.63, 3.8) is 0 Å². The van der Waals surface area contributed by atoms with Gasteiger partial charge in [0.05, 0.1) is 11.3 Å². The zero-order chi connectivity index (χ0) is 18.2. The highest BCUT2D eigenvalue weighted by Gasteiger charge is 2.19. The van der Waals surface area contributed by atoms with E-state index in [0.29, 0.717) is 11.6 Å². The second-order valence-electron chi connectivity index (χ2n) is 6.00. The first kappa shape index (κ1) is 19.7. The molecule has 2 aromatic carbocycles. The van der Waals surface area contributed by atoms with Crippen LogP contribution in [-0.2, 0) is 4.79 Å². The van der Waals surface area contributed by atoms with Crippen LogP contribution in [0.1, 0.15) is 25.8 Å². The molecule has 0 radical (unpaired) electrons. The predicted octanol–water partition coefficient (Wildman–Crippen LogP) is 5.10. The lowest BCUT2D eigenvalue weighted by Gasteiger charge is -2.19. The molecular formula is C20H24ClNO2S. The average Bonchev–Trinajstić information content (AvgIpc) is 2.60. The molecule has 1 amide bonds. The van der Waals surface area contributed by atoms with E-state index in [9.17, 15) is 4.79 Å². The second kappa shape index (κ2) is 9.73. The van der Waals surface area contributed by atoms with E-state index in [1.165, 1.54) is 5.56 Å². The van der Waals surface area contributed by atoms with Crippen LogP contribution in [0, 0.1) is 6.92 Å². The summed E-state index contributed by atoms with van der Waals surface area (Å²) in [5.74, 6) is 0.844. The summed E-state index contributed by atoms with van der Waals surface area (Å²) < 4.78 is 5.73.